The largest absolute Gasteiger partial charge is 1.00 e. The fraction of sp³-hybridized carbons (Fsp3) is 0.250. The number of hydrogen-bond acceptors (Lipinski definition) is 5. The molecule has 1 rings (SSSR count). The number of carboxylic acid groups (broad SMARTS) is 1. The van der Waals surface area contributed by atoms with Crippen molar-refractivity contribution < 1.29 is 52.4 Å². The predicted molar refractivity (Wildman–Crippen MR) is 78.6 cm³/mol. The van der Waals surface area contributed by atoms with Gasteiger partial charge in [0.2, 0.25) is 0 Å². The van der Waals surface area contributed by atoms with Crippen molar-refractivity contribution in [3.8, 4) is 0 Å². The van der Waals surface area contributed by atoms with Gasteiger partial charge in [-0.25, -0.2) is 13.2 Å². The summed E-state index contributed by atoms with van der Waals surface area (Å²) >= 11 is 0. The van der Waals surface area contributed by atoms with E-state index < -0.39 is 16.1 Å². The van der Waals surface area contributed by atoms with Crippen molar-refractivity contribution >= 4 is 28.5 Å². The molecular weight excluding hydrogens is 329 g/mol. The molecule has 0 fully saturated rings. The van der Waals surface area contributed by atoms with Crippen molar-refractivity contribution in [2.45, 2.75) is 25.7 Å². The first-order valence-electron chi connectivity index (χ1n) is 4.97. The first kappa shape index (κ1) is 28.7. The minimum atomic E-state index is -4.29. The number of aryl methyl sites for hydroxylation is 2. The van der Waals surface area contributed by atoms with Crippen LogP contribution in [0.5, 0.6) is 0 Å². The van der Waals surface area contributed by atoms with Gasteiger partial charge < -0.3 is 15.8 Å². The molecule has 0 aliphatic heterocycles. The zero-order chi connectivity index (χ0) is 14.5. The van der Waals surface area contributed by atoms with Crippen molar-refractivity contribution in [1.82, 2.24) is 6.15 Å². The van der Waals surface area contributed by atoms with Crippen LogP contribution in [0.3, 0.4) is 0 Å². The summed E-state index contributed by atoms with van der Waals surface area (Å²) in [7, 11) is -4.29. The molecule has 116 valence electrons. The molecule has 0 saturated carbocycles. The molecule has 0 unspecified atom stereocenters. The molecule has 1 aromatic rings. The Bertz CT molecular complexity index is 563. The van der Waals surface area contributed by atoms with Crippen LogP contribution in [0.25, 0.3) is 0 Å². The minimum Gasteiger partial charge on any atom is -0.744 e. The van der Waals surface area contributed by atoms with Crippen molar-refractivity contribution in [3.63, 3.8) is 0 Å². The minimum absolute atomic E-state index is 0. The molecular formula is C12H19ClNNaO5S. The number of benzene rings is 1. The van der Waals surface area contributed by atoms with Crippen LogP contribution < -0.4 is 35.7 Å². The molecule has 0 radical (unpaired) electrons. The SMILES string of the molecule is C=C(C)C(=O)O.Cc1ccc(S(=O)(=O)[O-])cc1C.Cl.N.[Na+]. The maximum Gasteiger partial charge on any atom is 1.00 e. The Labute approximate surface area is 153 Å². The van der Waals surface area contributed by atoms with E-state index in [4.69, 9.17) is 5.11 Å². The summed E-state index contributed by atoms with van der Waals surface area (Å²) in [5, 5.41) is 7.89. The normalized spacial score (nSPS) is 8.76. The van der Waals surface area contributed by atoms with Gasteiger partial charge in [0.15, 0.2) is 0 Å². The second kappa shape index (κ2) is 12.2. The van der Waals surface area contributed by atoms with Gasteiger partial charge in [0.1, 0.15) is 10.1 Å². The average Bonchev–Trinajstić information content (AvgIpc) is 2.21. The summed E-state index contributed by atoms with van der Waals surface area (Å²) in [4.78, 5) is 9.44. The molecule has 21 heavy (non-hydrogen) atoms. The van der Waals surface area contributed by atoms with Crippen LogP contribution in [0.2, 0.25) is 0 Å². The van der Waals surface area contributed by atoms with Gasteiger partial charge in [-0.2, -0.15) is 0 Å². The number of halogens is 1. The molecule has 6 nitrogen and oxygen atoms in total. The van der Waals surface area contributed by atoms with Crippen molar-refractivity contribution in [1.29, 1.82) is 0 Å². The Morgan fingerprint density at radius 2 is 1.62 bits per heavy atom. The Morgan fingerprint density at radius 3 is 1.86 bits per heavy atom. The molecule has 0 atom stereocenters. The summed E-state index contributed by atoms with van der Waals surface area (Å²) in [6.07, 6.45) is 0. The number of aliphatic carboxylic acids is 1. The van der Waals surface area contributed by atoms with Crippen LogP contribution in [0, 0.1) is 13.8 Å². The van der Waals surface area contributed by atoms with E-state index in [1.54, 1.807) is 13.0 Å². The molecule has 0 spiro atoms. The van der Waals surface area contributed by atoms with E-state index in [2.05, 4.69) is 6.58 Å². The van der Waals surface area contributed by atoms with E-state index >= 15 is 0 Å². The van der Waals surface area contributed by atoms with Crippen LogP contribution >= 0.6 is 12.4 Å². The van der Waals surface area contributed by atoms with Crippen LogP contribution in [0.15, 0.2) is 35.2 Å². The van der Waals surface area contributed by atoms with Gasteiger partial charge in [-0.1, -0.05) is 12.6 Å². The fourth-order valence-electron chi connectivity index (χ4n) is 0.869. The average molecular weight is 348 g/mol. The maximum absolute atomic E-state index is 10.5. The third-order valence-electron chi connectivity index (χ3n) is 2.13. The van der Waals surface area contributed by atoms with E-state index in [9.17, 15) is 17.8 Å². The topological polar surface area (TPSA) is 130 Å². The smallest absolute Gasteiger partial charge is 0.744 e. The molecule has 0 bridgehead atoms. The summed E-state index contributed by atoms with van der Waals surface area (Å²) in [5.74, 6) is -0.935. The fourth-order valence-corrected chi connectivity index (χ4v) is 1.43. The molecule has 1 aromatic carbocycles. The second-order valence-corrected chi connectivity index (χ2v) is 5.17. The Balaban J connectivity index is -0.000000142. The molecule has 0 aliphatic carbocycles. The monoisotopic (exact) mass is 347 g/mol. The quantitative estimate of drug-likeness (QED) is 0.419. The molecule has 0 amide bonds. The van der Waals surface area contributed by atoms with E-state index in [1.165, 1.54) is 19.1 Å². The van der Waals surface area contributed by atoms with Gasteiger partial charge in [0.05, 0.1) is 4.90 Å². The summed E-state index contributed by atoms with van der Waals surface area (Å²) in [5.41, 5.74) is 1.96. The number of hydrogen-bond donors (Lipinski definition) is 2. The molecule has 0 aromatic heterocycles. The van der Waals surface area contributed by atoms with Gasteiger partial charge >= 0.3 is 35.5 Å². The number of rotatable bonds is 2. The predicted octanol–water partition coefficient (Wildman–Crippen LogP) is -0.558. The molecule has 0 saturated heterocycles. The van der Waals surface area contributed by atoms with Crippen LogP contribution in [0.4, 0.5) is 0 Å². The summed E-state index contributed by atoms with van der Waals surface area (Å²) in [6.45, 7) is 8.23. The summed E-state index contributed by atoms with van der Waals surface area (Å²) in [6, 6.07) is 4.34. The maximum atomic E-state index is 10.5. The van der Waals surface area contributed by atoms with Crippen LogP contribution in [-0.4, -0.2) is 24.0 Å². The Kier molecular flexibility index (Phi) is 16.6. The van der Waals surface area contributed by atoms with Gasteiger partial charge in [-0.3, -0.25) is 0 Å². The van der Waals surface area contributed by atoms with Gasteiger partial charge in [0, 0.05) is 5.57 Å². The number of carboxylic acids is 1. The van der Waals surface area contributed by atoms with Crippen LogP contribution in [0.1, 0.15) is 18.1 Å². The van der Waals surface area contributed by atoms with Crippen molar-refractivity contribution in [2.24, 2.45) is 0 Å². The third-order valence-corrected chi connectivity index (χ3v) is 2.96. The third kappa shape index (κ3) is 11.9. The van der Waals surface area contributed by atoms with E-state index in [0.29, 0.717) is 0 Å². The number of carbonyl (C=O) groups is 1. The standard InChI is InChI=1S/C8H10O3S.C4H6O2.ClH.H3N.Na/c1-6-3-4-8(5-7(6)2)12(9,10)11;1-3(2)4(5)6;;;/h3-5H,1-2H3,(H,9,10,11);1H2,2H3,(H,5,6);1H;1H3;/q;;;;+1/p-1. The first-order valence-corrected chi connectivity index (χ1v) is 6.38. The van der Waals surface area contributed by atoms with Gasteiger partial charge in [-0.15, -0.1) is 12.4 Å². The van der Waals surface area contributed by atoms with Crippen molar-refractivity contribution in [3.05, 3.63) is 41.5 Å². The molecule has 0 heterocycles. The van der Waals surface area contributed by atoms with E-state index in [1.807, 2.05) is 6.92 Å². The summed E-state index contributed by atoms with van der Waals surface area (Å²) < 4.78 is 31.6. The van der Waals surface area contributed by atoms with Crippen molar-refractivity contribution in [2.75, 3.05) is 0 Å². The van der Waals surface area contributed by atoms with Gasteiger partial charge in [0.25, 0.3) is 0 Å². The first-order chi connectivity index (χ1) is 8.05. The van der Waals surface area contributed by atoms with E-state index in [-0.39, 0.29) is 58.6 Å². The van der Waals surface area contributed by atoms with Crippen LogP contribution in [-0.2, 0) is 14.9 Å². The molecule has 9 heteroatoms. The Morgan fingerprint density at radius 1 is 1.24 bits per heavy atom. The Hall–Kier alpha value is -0.410. The van der Waals surface area contributed by atoms with Gasteiger partial charge in [-0.05, 0) is 44.0 Å². The molecule has 0 aliphatic rings. The zero-order valence-corrected chi connectivity index (χ0v) is 16.2. The van der Waals surface area contributed by atoms with E-state index in [0.717, 1.165) is 11.1 Å². The molecule has 4 N–H and O–H groups in total. The second-order valence-electron chi connectivity index (χ2n) is 3.79. The zero-order valence-electron chi connectivity index (χ0n) is 12.5.